The minimum Gasteiger partial charge on any atom is -0.481 e. The van der Waals surface area contributed by atoms with E-state index >= 15 is 0 Å². The third kappa shape index (κ3) is 2.50. The van der Waals surface area contributed by atoms with Gasteiger partial charge in [0.25, 0.3) is 5.91 Å². The lowest BCUT2D eigenvalue weighted by atomic mass is 10.1. The quantitative estimate of drug-likeness (QED) is 0.931. The van der Waals surface area contributed by atoms with Gasteiger partial charge < -0.3 is 10.1 Å². The molecule has 1 aliphatic rings. The molecule has 4 heteroatoms. The fourth-order valence-corrected chi connectivity index (χ4v) is 2.52. The minimum atomic E-state index is -0.149. The number of carbonyl (C=O) groups excluding carboxylic acids is 1. The summed E-state index contributed by atoms with van der Waals surface area (Å²) in [7, 11) is 1.53. The predicted molar refractivity (Wildman–Crippen MR) is 77.2 cm³/mol. The van der Waals surface area contributed by atoms with Crippen LogP contribution in [0.25, 0.3) is 0 Å². The zero-order valence-electron chi connectivity index (χ0n) is 11.3. The number of pyridine rings is 1. The number of hydrogen-bond donors (Lipinski definition) is 1. The molecule has 4 nitrogen and oxygen atoms in total. The topological polar surface area (TPSA) is 51.2 Å². The van der Waals surface area contributed by atoms with Gasteiger partial charge in [-0.2, -0.15) is 0 Å². The van der Waals surface area contributed by atoms with Gasteiger partial charge in [0.15, 0.2) is 0 Å². The van der Waals surface area contributed by atoms with Crippen molar-refractivity contribution < 1.29 is 9.53 Å². The molecule has 0 aliphatic heterocycles. The molecule has 0 spiro atoms. The number of benzene rings is 1. The summed E-state index contributed by atoms with van der Waals surface area (Å²) < 4.78 is 5.02. The van der Waals surface area contributed by atoms with E-state index in [0.717, 1.165) is 18.5 Å². The molecule has 1 aromatic heterocycles. The number of aryl methyl sites for hydroxylation is 2. The molecule has 2 aromatic rings. The normalized spacial score (nSPS) is 12.8. The van der Waals surface area contributed by atoms with Crippen LogP contribution in [0.1, 0.15) is 27.9 Å². The van der Waals surface area contributed by atoms with Crippen LogP contribution in [-0.2, 0) is 12.8 Å². The first-order valence-corrected chi connectivity index (χ1v) is 6.69. The van der Waals surface area contributed by atoms with Crippen molar-refractivity contribution in [3.63, 3.8) is 0 Å². The van der Waals surface area contributed by atoms with E-state index in [1.807, 2.05) is 6.07 Å². The van der Waals surface area contributed by atoms with Gasteiger partial charge in [0.2, 0.25) is 5.88 Å². The first-order chi connectivity index (χ1) is 9.76. The van der Waals surface area contributed by atoms with Gasteiger partial charge in [0.05, 0.1) is 7.11 Å². The fraction of sp³-hybridized carbons (Fsp3) is 0.250. The molecule has 20 heavy (non-hydrogen) atoms. The molecule has 1 amide bonds. The summed E-state index contributed by atoms with van der Waals surface area (Å²) in [6.07, 6.45) is 5.01. The van der Waals surface area contributed by atoms with E-state index in [0.29, 0.717) is 11.4 Å². The number of nitrogens with zero attached hydrogens (tertiary/aromatic N) is 1. The van der Waals surface area contributed by atoms with Crippen LogP contribution in [0.4, 0.5) is 5.69 Å². The van der Waals surface area contributed by atoms with E-state index in [1.165, 1.54) is 24.7 Å². The van der Waals surface area contributed by atoms with Crippen molar-refractivity contribution in [1.29, 1.82) is 0 Å². The first-order valence-electron chi connectivity index (χ1n) is 6.69. The fourth-order valence-electron chi connectivity index (χ4n) is 2.52. The van der Waals surface area contributed by atoms with E-state index in [4.69, 9.17) is 4.74 Å². The number of rotatable bonds is 3. The maximum atomic E-state index is 12.2. The zero-order valence-corrected chi connectivity index (χ0v) is 11.3. The lowest BCUT2D eigenvalue weighted by Gasteiger charge is -2.08. The Hall–Kier alpha value is -2.36. The molecule has 102 valence electrons. The van der Waals surface area contributed by atoms with Crippen molar-refractivity contribution in [1.82, 2.24) is 4.98 Å². The number of methoxy groups -OCH3 is 1. The third-order valence-corrected chi connectivity index (χ3v) is 3.56. The van der Waals surface area contributed by atoms with E-state index in [2.05, 4.69) is 22.4 Å². The maximum absolute atomic E-state index is 12.2. The number of carbonyl (C=O) groups is 1. The Morgan fingerprint density at radius 1 is 1.20 bits per heavy atom. The predicted octanol–water partition coefficient (Wildman–Crippen LogP) is 2.83. The molecular formula is C16H16N2O2. The van der Waals surface area contributed by atoms with Crippen molar-refractivity contribution in [3.8, 4) is 5.88 Å². The second-order valence-corrected chi connectivity index (χ2v) is 4.88. The second-order valence-electron chi connectivity index (χ2n) is 4.88. The van der Waals surface area contributed by atoms with Crippen LogP contribution in [-0.4, -0.2) is 18.0 Å². The molecule has 3 rings (SSSR count). The number of anilines is 1. The molecule has 0 saturated carbocycles. The van der Waals surface area contributed by atoms with Gasteiger partial charge in [-0.25, -0.2) is 4.98 Å². The summed E-state index contributed by atoms with van der Waals surface area (Å²) in [6.45, 7) is 0. The smallest absolute Gasteiger partial charge is 0.255 e. The Bertz CT molecular complexity index is 653. The average molecular weight is 268 g/mol. The highest BCUT2D eigenvalue weighted by Crippen LogP contribution is 2.25. The summed E-state index contributed by atoms with van der Waals surface area (Å²) in [5.41, 5.74) is 4.12. The summed E-state index contributed by atoms with van der Waals surface area (Å²) in [4.78, 5) is 16.2. The van der Waals surface area contributed by atoms with Gasteiger partial charge in [0, 0.05) is 23.5 Å². The Morgan fingerprint density at radius 3 is 2.90 bits per heavy atom. The van der Waals surface area contributed by atoms with Gasteiger partial charge >= 0.3 is 0 Å². The highest BCUT2D eigenvalue weighted by Gasteiger charge is 2.12. The standard InChI is InChI=1S/C16H16N2O2/c1-20-15-10-13(7-8-17-15)16(19)18-14-6-5-11-3-2-4-12(11)9-14/h5-10H,2-4H2,1H3,(H,18,19). The summed E-state index contributed by atoms with van der Waals surface area (Å²) >= 11 is 0. The number of ether oxygens (including phenoxy) is 1. The Kier molecular flexibility index (Phi) is 3.37. The van der Waals surface area contributed by atoms with Crippen LogP contribution >= 0.6 is 0 Å². The second kappa shape index (κ2) is 5.33. The Balaban J connectivity index is 1.78. The van der Waals surface area contributed by atoms with Gasteiger partial charge in [-0.15, -0.1) is 0 Å². The molecule has 0 fully saturated rings. The summed E-state index contributed by atoms with van der Waals surface area (Å²) in [5.74, 6) is 0.287. The lowest BCUT2D eigenvalue weighted by Crippen LogP contribution is -2.12. The molecule has 0 radical (unpaired) electrons. The molecule has 1 aliphatic carbocycles. The molecular weight excluding hydrogens is 252 g/mol. The van der Waals surface area contributed by atoms with Gasteiger partial charge in [-0.05, 0) is 48.6 Å². The number of amides is 1. The van der Waals surface area contributed by atoms with Crippen molar-refractivity contribution >= 4 is 11.6 Å². The molecule has 0 saturated heterocycles. The van der Waals surface area contributed by atoms with E-state index < -0.39 is 0 Å². The van der Waals surface area contributed by atoms with Gasteiger partial charge in [0.1, 0.15) is 0 Å². The number of nitrogens with one attached hydrogen (secondary N) is 1. The lowest BCUT2D eigenvalue weighted by molar-refractivity contribution is 0.102. The van der Waals surface area contributed by atoms with Crippen LogP contribution < -0.4 is 10.1 Å². The average Bonchev–Trinajstić information content (AvgIpc) is 2.95. The maximum Gasteiger partial charge on any atom is 0.255 e. The van der Waals surface area contributed by atoms with Crippen molar-refractivity contribution in [2.45, 2.75) is 19.3 Å². The van der Waals surface area contributed by atoms with Crippen molar-refractivity contribution in [2.75, 3.05) is 12.4 Å². The van der Waals surface area contributed by atoms with Crippen LogP contribution in [0.3, 0.4) is 0 Å². The monoisotopic (exact) mass is 268 g/mol. The largest absolute Gasteiger partial charge is 0.481 e. The SMILES string of the molecule is COc1cc(C(=O)Nc2ccc3c(c2)CCC3)ccn1. The molecule has 0 unspecified atom stereocenters. The Labute approximate surface area is 117 Å². The number of fused-ring (bicyclic) bond motifs is 1. The Morgan fingerprint density at radius 2 is 2.05 bits per heavy atom. The summed E-state index contributed by atoms with van der Waals surface area (Å²) in [5, 5.41) is 2.92. The van der Waals surface area contributed by atoms with Gasteiger partial charge in [-0.3, -0.25) is 4.79 Å². The van der Waals surface area contributed by atoms with Crippen molar-refractivity contribution in [3.05, 3.63) is 53.2 Å². The highest BCUT2D eigenvalue weighted by molar-refractivity contribution is 6.04. The minimum absolute atomic E-state index is 0.149. The van der Waals surface area contributed by atoms with E-state index in [-0.39, 0.29) is 5.91 Å². The van der Waals surface area contributed by atoms with E-state index in [9.17, 15) is 4.79 Å². The third-order valence-electron chi connectivity index (χ3n) is 3.56. The molecule has 0 bridgehead atoms. The van der Waals surface area contributed by atoms with E-state index in [1.54, 1.807) is 18.3 Å². The first kappa shape index (κ1) is 12.7. The molecule has 1 N–H and O–H groups in total. The molecule has 0 atom stereocenters. The van der Waals surface area contributed by atoms with Crippen LogP contribution in [0.5, 0.6) is 5.88 Å². The van der Waals surface area contributed by atoms with Crippen LogP contribution in [0, 0.1) is 0 Å². The van der Waals surface area contributed by atoms with Crippen LogP contribution in [0.2, 0.25) is 0 Å². The zero-order chi connectivity index (χ0) is 13.9. The van der Waals surface area contributed by atoms with Gasteiger partial charge in [-0.1, -0.05) is 6.07 Å². The number of aromatic nitrogens is 1. The highest BCUT2D eigenvalue weighted by atomic mass is 16.5. The molecule has 1 heterocycles. The van der Waals surface area contributed by atoms with Crippen molar-refractivity contribution in [2.24, 2.45) is 0 Å². The van der Waals surface area contributed by atoms with Crippen LogP contribution in [0.15, 0.2) is 36.5 Å². The molecule has 1 aromatic carbocycles. The summed E-state index contributed by atoms with van der Waals surface area (Å²) in [6, 6.07) is 9.43. The number of hydrogen-bond acceptors (Lipinski definition) is 3.